The second-order valence-corrected chi connectivity index (χ2v) is 9.37. The third-order valence-electron chi connectivity index (χ3n) is 6.91. The van der Waals surface area contributed by atoms with E-state index >= 15 is 0 Å². The number of allylic oxidation sites excluding steroid dienone is 7. The van der Waals surface area contributed by atoms with Crippen LogP contribution < -0.4 is 5.32 Å². The van der Waals surface area contributed by atoms with Gasteiger partial charge in [-0.25, -0.2) is 4.98 Å². The zero-order chi connectivity index (χ0) is 19.8. The molecule has 0 bridgehead atoms. The highest BCUT2D eigenvalue weighted by Gasteiger charge is 2.52. The molecule has 1 aromatic rings. The van der Waals surface area contributed by atoms with Crippen molar-refractivity contribution in [1.29, 1.82) is 0 Å². The lowest BCUT2D eigenvalue weighted by atomic mass is 9.58. The van der Waals surface area contributed by atoms with Gasteiger partial charge in [0, 0.05) is 17.7 Å². The van der Waals surface area contributed by atoms with Crippen LogP contribution in [0.5, 0.6) is 0 Å². The van der Waals surface area contributed by atoms with Crippen molar-refractivity contribution >= 4 is 22.9 Å². The molecule has 0 radical (unpaired) electrons. The fourth-order valence-electron chi connectivity index (χ4n) is 5.57. The van der Waals surface area contributed by atoms with Gasteiger partial charge >= 0.3 is 0 Å². The summed E-state index contributed by atoms with van der Waals surface area (Å²) in [6.45, 7) is 8.62. The Morgan fingerprint density at radius 3 is 2.79 bits per heavy atom. The first-order valence-electron chi connectivity index (χ1n) is 10.5. The summed E-state index contributed by atoms with van der Waals surface area (Å²) in [5.41, 5.74) is 4.64. The van der Waals surface area contributed by atoms with E-state index in [0.29, 0.717) is 12.2 Å². The number of nitrogens with zero attached hydrogens (tertiary/aromatic N) is 1. The monoisotopic (exact) mass is 394 g/mol. The first-order valence-corrected chi connectivity index (χ1v) is 11.4. The largest absolute Gasteiger partial charge is 0.342 e. The minimum absolute atomic E-state index is 0.149. The van der Waals surface area contributed by atoms with Gasteiger partial charge in [-0.15, -0.1) is 11.3 Å². The summed E-state index contributed by atoms with van der Waals surface area (Å²) >= 11 is 1.64. The average molecular weight is 395 g/mol. The molecule has 1 N–H and O–H groups in total. The molecule has 2 aliphatic carbocycles. The number of nitrogens with one attached hydrogen (secondary N) is 1. The van der Waals surface area contributed by atoms with Crippen LogP contribution in [0.2, 0.25) is 0 Å². The van der Waals surface area contributed by atoms with Crippen molar-refractivity contribution in [2.45, 2.75) is 70.6 Å². The zero-order valence-electron chi connectivity index (χ0n) is 17.0. The number of carbonyl (C=O) groups excluding carboxylic acids is 1. The van der Waals surface area contributed by atoms with Crippen molar-refractivity contribution in [1.82, 2.24) is 4.98 Å². The first-order chi connectivity index (χ1) is 13.6. The standard InChI is InChI=1S/C24H30N2OS/c1-4-6-8-11-17(3)24(5-2)20-18(26-22-21(24)28-16-25-22)14-23(15-19(20)27)12-9-7-10-13-23/h4,6,8,11,16,26H,3,5,7,9-10,12-15H2,1-2H3/b6-4-,11-8-/t24-/m1/s1. The molecule has 148 valence electrons. The van der Waals surface area contributed by atoms with Crippen LogP contribution in [0.1, 0.15) is 70.1 Å². The Bertz CT molecular complexity index is 882. The molecule has 4 heteroatoms. The first kappa shape index (κ1) is 19.4. The summed E-state index contributed by atoms with van der Waals surface area (Å²) in [7, 11) is 0. The van der Waals surface area contributed by atoms with Gasteiger partial charge in [0.25, 0.3) is 0 Å². The van der Waals surface area contributed by atoms with Gasteiger partial charge in [-0.05, 0) is 43.6 Å². The maximum Gasteiger partial charge on any atom is 0.162 e. The van der Waals surface area contributed by atoms with Crippen LogP contribution in [0.4, 0.5) is 5.82 Å². The number of Topliss-reactive ketones (excluding diaryl/α,β-unsaturated/α-hetero) is 1. The van der Waals surface area contributed by atoms with Crippen LogP contribution in [0.3, 0.4) is 0 Å². The van der Waals surface area contributed by atoms with E-state index in [2.05, 4.69) is 29.9 Å². The van der Waals surface area contributed by atoms with E-state index < -0.39 is 5.41 Å². The Morgan fingerprint density at radius 1 is 1.29 bits per heavy atom. The number of hydrogen-bond acceptors (Lipinski definition) is 4. The van der Waals surface area contributed by atoms with E-state index in [-0.39, 0.29) is 5.41 Å². The average Bonchev–Trinajstić information content (AvgIpc) is 3.15. The molecule has 0 amide bonds. The van der Waals surface area contributed by atoms with Gasteiger partial charge in [0.2, 0.25) is 0 Å². The smallest absolute Gasteiger partial charge is 0.162 e. The third kappa shape index (κ3) is 2.93. The van der Waals surface area contributed by atoms with Crippen molar-refractivity contribution in [2.24, 2.45) is 5.41 Å². The Labute approximate surface area is 172 Å². The second kappa shape index (κ2) is 7.47. The molecule has 0 aromatic carbocycles. The van der Waals surface area contributed by atoms with Gasteiger partial charge in [-0.2, -0.15) is 0 Å². The molecule has 1 saturated carbocycles. The minimum atomic E-state index is -0.456. The van der Waals surface area contributed by atoms with E-state index in [4.69, 9.17) is 0 Å². The molecule has 1 aliphatic heterocycles. The number of ketones is 1. The molecule has 1 fully saturated rings. The van der Waals surface area contributed by atoms with Gasteiger partial charge in [-0.3, -0.25) is 4.79 Å². The Morgan fingerprint density at radius 2 is 2.07 bits per heavy atom. The lowest BCUT2D eigenvalue weighted by molar-refractivity contribution is -0.120. The maximum absolute atomic E-state index is 13.6. The molecule has 2 heterocycles. The number of fused-ring (bicyclic) bond motifs is 1. The predicted molar refractivity (Wildman–Crippen MR) is 118 cm³/mol. The molecular weight excluding hydrogens is 364 g/mol. The number of hydrogen-bond donors (Lipinski definition) is 1. The van der Waals surface area contributed by atoms with Crippen molar-refractivity contribution < 1.29 is 4.79 Å². The summed E-state index contributed by atoms with van der Waals surface area (Å²) < 4.78 is 0. The van der Waals surface area contributed by atoms with Crippen LogP contribution >= 0.6 is 11.3 Å². The minimum Gasteiger partial charge on any atom is -0.342 e. The van der Waals surface area contributed by atoms with E-state index in [9.17, 15) is 4.79 Å². The van der Waals surface area contributed by atoms with Gasteiger partial charge in [-0.1, -0.05) is 57.1 Å². The quantitative estimate of drug-likeness (QED) is 0.595. The van der Waals surface area contributed by atoms with Crippen LogP contribution in [-0.2, 0) is 10.2 Å². The van der Waals surface area contributed by atoms with Gasteiger partial charge in [0.1, 0.15) is 5.82 Å². The van der Waals surface area contributed by atoms with E-state index in [1.54, 1.807) is 11.3 Å². The highest BCUT2D eigenvalue weighted by molar-refractivity contribution is 7.10. The topological polar surface area (TPSA) is 42.0 Å². The SMILES string of the molecule is C=C(/C=C\C=C/C)[C@]1(CC)C2=C(CC3(CCCCC3)CC2=O)Nc2ncsc21. The number of rotatable bonds is 4. The number of thiazole rings is 1. The second-order valence-electron chi connectivity index (χ2n) is 8.52. The Hall–Kier alpha value is -1.94. The summed E-state index contributed by atoms with van der Waals surface area (Å²) in [5, 5.41) is 3.57. The van der Waals surface area contributed by atoms with Gasteiger partial charge in [0.15, 0.2) is 5.78 Å². The van der Waals surface area contributed by atoms with Crippen LogP contribution in [0, 0.1) is 5.41 Å². The molecule has 1 aromatic heterocycles. The summed E-state index contributed by atoms with van der Waals surface area (Å²) in [5.74, 6) is 1.24. The number of anilines is 1. The highest BCUT2D eigenvalue weighted by atomic mass is 32.1. The molecule has 3 nitrogen and oxygen atoms in total. The van der Waals surface area contributed by atoms with Crippen molar-refractivity contribution in [3.8, 4) is 0 Å². The molecular formula is C24H30N2OS. The number of carbonyl (C=O) groups is 1. The highest BCUT2D eigenvalue weighted by Crippen LogP contribution is 2.57. The Kier molecular flexibility index (Phi) is 5.17. The predicted octanol–water partition coefficient (Wildman–Crippen LogP) is 6.47. The van der Waals surface area contributed by atoms with E-state index in [1.165, 1.54) is 32.1 Å². The molecule has 1 atom stereocenters. The molecule has 0 saturated heterocycles. The molecule has 28 heavy (non-hydrogen) atoms. The summed E-state index contributed by atoms with van der Waals surface area (Å²) in [6, 6.07) is 0. The fourth-order valence-corrected chi connectivity index (χ4v) is 6.63. The van der Waals surface area contributed by atoms with Crippen LogP contribution in [0.25, 0.3) is 0 Å². The fraction of sp³-hybridized carbons (Fsp3) is 0.500. The van der Waals surface area contributed by atoms with Crippen LogP contribution in [0.15, 0.2) is 53.2 Å². The lowest BCUT2D eigenvalue weighted by Gasteiger charge is -2.48. The van der Waals surface area contributed by atoms with Crippen molar-refractivity contribution in [2.75, 3.05) is 5.32 Å². The zero-order valence-corrected chi connectivity index (χ0v) is 17.8. The molecule has 1 spiro atoms. The van der Waals surface area contributed by atoms with Crippen molar-refractivity contribution in [3.63, 3.8) is 0 Å². The summed E-state index contributed by atoms with van der Waals surface area (Å²) in [4.78, 5) is 19.4. The third-order valence-corrected chi connectivity index (χ3v) is 7.90. The van der Waals surface area contributed by atoms with Gasteiger partial charge < -0.3 is 5.32 Å². The van der Waals surface area contributed by atoms with Gasteiger partial charge in [0.05, 0.1) is 15.8 Å². The van der Waals surface area contributed by atoms with E-state index in [1.807, 2.05) is 30.7 Å². The van der Waals surface area contributed by atoms with E-state index in [0.717, 1.165) is 40.4 Å². The number of aromatic nitrogens is 1. The summed E-state index contributed by atoms with van der Waals surface area (Å²) in [6.07, 6.45) is 16.7. The maximum atomic E-state index is 13.6. The van der Waals surface area contributed by atoms with Crippen LogP contribution in [-0.4, -0.2) is 10.8 Å². The Balaban J connectivity index is 1.84. The normalized spacial score (nSPS) is 26.6. The molecule has 4 rings (SSSR count). The molecule has 0 unspecified atom stereocenters. The van der Waals surface area contributed by atoms with Crippen molar-refractivity contribution in [3.05, 3.63) is 58.1 Å². The lowest BCUT2D eigenvalue weighted by Crippen LogP contribution is -2.44. The molecule has 3 aliphatic rings.